The highest BCUT2D eigenvalue weighted by Gasteiger charge is 2.64. The van der Waals surface area contributed by atoms with Gasteiger partial charge in [0.2, 0.25) is 11.8 Å². The SMILES string of the molecule is COC(=O)C1=C(C)OC(N)=C(C(=O)OC)C12C(=O)N(CC(=O)OCc1ccccc1)c1ccccc12. The van der Waals surface area contributed by atoms with Gasteiger partial charge in [0.1, 0.15) is 35.5 Å². The summed E-state index contributed by atoms with van der Waals surface area (Å²) in [6, 6.07) is 15.5. The van der Waals surface area contributed by atoms with E-state index in [0.29, 0.717) is 5.69 Å². The van der Waals surface area contributed by atoms with Crippen molar-refractivity contribution < 1.29 is 38.1 Å². The van der Waals surface area contributed by atoms with E-state index in [9.17, 15) is 19.2 Å². The van der Waals surface area contributed by atoms with Crippen LogP contribution in [0.3, 0.4) is 0 Å². The Hall–Kier alpha value is -4.60. The summed E-state index contributed by atoms with van der Waals surface area (Å²) in [6.07, 6.45) is 0. The molecule has 0 fully saturated rings. The second-order valence-corrected chi connectivity index (χ2v) is 8.06. The minimum Gasteiger partial charge on any atom is -0.466 e. The highest BCUT2D eigenvalue weighted by molar-refractivity contribution is 6.23. The predicted molar refractivity (Wildman–Crippen MR) is 126 cm³/mol. The standard InChI is InChI=1S/C26H24N2O8/c1-15-20(23(30)33-2)26(21(22(27)36-15)24(31)34-3)17-11-7-8-12-18(17)28(25(26)32)13-19(29)35-14-16-9-5-4-6-10-16/h4-12H,13-14,27H2,1-3H3. The fourth-order valence-electron chi connectivity index (χ4n) is 4.60. The van der Waals surface area contributed by atoms with Crippen LogP contribution in [0.1, 0.15) is 18.1 Å². The molecule has 2 aromatic rings. The van der Waals surface area contributed by atoms with Gasteiger partial charge in [-0.05, 0) is 18.6 Å². The van der Waals surface area contributed by atoms with Crippen molar-refractivity contribution in [3.8, 4) is 0 Å². The van der Waals surface area contributed by atoms with Crippen LogP contribution in [-0.4, -0.2) is 44.6 Å². The number of nitrogens with two attached hydrogens (primary N) is 1. The Kier molecular flexibility index (Phi) is 6.52. The van der Waals surface area contributed by atoms with Crippen molar-refractivity contribution in [2.45, 2.75) is 18.9 Å². The van der Waals surface area contributed by atoms with Crippen molar-refractivity contribution in [3.63, 3.8) is 0 Å². The quantitative estimate of drug-likeness (QED) is 0.473. The van der Waals surface area contributed by atoms with Crippen LogP contribution in [0.15, 0.2) is 77.4 Å². The van der Waals surface area contributed by atoms with Gasteiger partial charge >= 0.3 is 17.9 Å². The third-order valence-electron chi connectivity index (χ3n) is 6.09. The van der Waals surface area contributed by atoms with Gasteiger partial charge in [-0.15, -0.1) is 0 Å². The lowest BCUT2D eigenvalue weighted by molar-refractivity contribution is -0.144. The zero-order chi connectivity index (χ0) is 26.0. The number of ether oxygens (including phenoxy) is 4. The molecule has 10 nitrogen and oxygen atoms in total. The van der Waals surface area contributed by atoms with Gasteiger partial charge in [0.15, 0.2) is 0 Å². The molecule has 1 atom stereocenters. The number of carbonyl (C=O) groups is 4. The van der Waals surface area contributed by atoms with Gasteiger partial charge in [-0.3, -0.25) is 14.5 Å². The molecule has 186 valence electrons. The third-order valence-corrected chi connectivity index (χ3v) is 6.09. The highest BCUT2D eigenvalue weighted by Crippen LogP contribution is 2.54. The summed E-state index contributed by atoms with van der Waals surface area (Å²) >= 11 is 0. The minimum atomic E-state index is -2.05. The molecule has 0 saturated carbocycles. The molecule has 0 saturated heterocycles. The van der Waals surface area contributed by atoms with Crippen LogP contribution in [0.2, 0.25) is 0 Å². The molecule has 0 aromatic heterocycles. The molecule has 4 rings (SSSR count). The number of benzene rings is 2. The smallest absolute Gasteiger partial charge is 0.340 e. The molecule has 10 heteroatoms. The zero-order valence-electron chi connectivity index (χ0n) is 19.9. The van der Waals surface area contributed by atoms with Gasteiger partial charge in [0.25, 0.3) is 0 Å². The van der Waals surface area contributed by atoms with E-state index in [1.807, 2.05) is 18.2 Å². The van der Waals surface area contributed by atoms with Crippen LogP contribution in [0.25, 0.3) is 0 Å². The van der Waals surface area contributed by atoms with Crippen molar-refractivity contribution in [1.29, 1.82) is 0 Å². The number of nitrogens with zero attached hydrogens (tertiary/aromatic N) is 1. The molecular formula is C26H24N2O8. The minimum absolute atomic E-state index is 0.00895. The predicted octanol–water partition coefficient (Wildman–Crippen LogP) is 1.83. The maximum Gasteiger partial charge on any atom is 0.340 e. The van der Waals surface area contributed by atoms with E-state index >= 15 is 0 Å². The Labute approximate surface area is 206 Å². The number of esters is 3. The van der Waals surface area contributed by atoms with E-state index in [4.69, 9.17) is 24.7 Å². The molecule has 1 unspecified atom stereocenters. The molecule has 0 bridgehead atoms. The number of rotatable bonds is 6. The number of hydrogen-bond acceptors (Lipinski definition) is 9. The number of amides is 1. The van der Waals surface area contributed by atoms with Gasteiger partial charge in [-0.1, -0.05) is 48.5 Å². The van der Waals surface area contributed by atoms with E-state index in [-0.39, 0.29) is 29.1 Å². The Morgan fingerprint density at radius 1 is 0.944 bits per heavy atom. The number of anilines is 1. The van der Waals surface area contributed by atoms with E-state index in [2.05, 4.69) is 0 Å². The molecule has 2 aromatic carbocycles. The van der Waals surface area contributed by atoms with Crippen LogP contribution in [0.4, 0.5) is 5.69 Å². The molecule has 1 spiro atoms. The lowest BCUT2D eigenvalue weighted by Gasteiger charge is -2.35. The number of fused-ring (bicyclic) bond motifs is 2. The average Bonchev–Trinajstić information content (AvgIpc) is 3.11. The first-order valence-corrected chi connectivity index (χ1v) is 10.9. The first-order valence-electron chi connectivity index (χ1n) is 10.9. The van der Waals surface area contributed by atoms with Gasteiger partial charge in [-0.2, -0.15) is 0 Å². The van der Waals surface area contributed by atoms with Crippen LogP contribution in [0.5, 0.6) is 0 Å². The average molecular weight is 492 g/mol. The first kappa shape index (κ1) is 24.5. The monoisotopic (exact) mass is 492 g/mol. The van der Waals surface area contributed by atoms with Crippen molar-refractivity contribution in [1.82, 2.24) is 0 Å². The molecule has 0 radical (unpaired) electrons. The molecule has 1 amide bonds. The number of para-hydroxylation sites is 1. The van der Waals surface area contributed by atoms with E-state index in [1.54, 1.807) is 36.4 Å². The van der Waals surface area contributed by atoms with Crippen molar-refractivity contribution >= 4 is 29.5 Å². The summed E-state index contributed by atoms with van der Waals surface area (Å²) in [4.78, 5) is 54.2. The lowest BCUT2D eigenvalue weighted by atomic mass is 9.67. The van der Waals surface area contributed by atoms with E-state index < -0.39 is 41.7 Å². The molecule has 36 heavy (non-hydrogen) atoms. The number of carbonyl (C=O) groups excluding carboxylic acids is 4. The first-order chi connectivity index (χ1) is 17.3. The van der Waals surface area contributed by atoms with E-state index in [1.165, 1.54) is 6.92 Å². The topological polar surface area (TPSA) is 134 Å². The summed E-state index contributed by atoms with van der Waals surface area (Å²) in [5, 5.41) is 0. The summed E-state index contributed by atoms with van der Waals surface area (Å²) in [6.45, 7) is 0.962. The Morgan fingerprint density at radius 3 is 2.22 bits per heavy atom. The van der Waals surface area contributed by atoms with Crippen molar-refractivity contribution in [2.24, 2.45) is 5.73 Å². The highest BCUT2D eigenvalue weighted by atomic mass is 16.5. The normalized spacial score (nSPS) is 18.6. The molecule has 2 heterocycles. The van der Waals surface area contributed by atoms with Crippen LogP contribution in [0, 0.1) is 0 Å². The zero-order valence-corrected chi connectivity index (χ0v) is 19.9. The Morgan fingerprint density at radius 2 is 1.56 bits per heavy atom. The van der Waals surface area contributed by atoms with Crippen LogP contribution < -0.4 is 10.6 Å². The fraction of sp³-hybridized carbons (Fsp3) is 0.231. The molecule has 0 aliphatic carbocycles. The Bertz CT molecular complexity index is 1270. The molecule has 2 N–H and O–H groups in total. The number of allylic oxidation sites excluding steroid dienone is 1. The second-order valence-electron chi connectivity index (χ2n) is 8.06. The van der Waals surface area contributed by atoms with Crippen LogP contribution in [-0.2, 0) is 50.1 Å². The van der Waals surface area contributed by atoms with Crippen LogP contribution >= 0.6 is 0 Å². The summed E-state index contributed by atoms with van der Waals surface area (Å²) in [7, 11) is 2.25. The Balaban J connectivity index is 1.82. The molecule has 2 aliphatic heterocycles. The van der Waals surface area contributed by atoms with Gasteiger partial charge in [0, 0.05) is 11.3 Å². The molecular weight excluding hydrogens is 468 g/mol. The third kappa shape index (κ3) is 3.76. The maximum atomic E-state index is 14.2. The summed E-state index contributed by atoms with van der Waals surface area (Å²) in [5.74, 6) is -3.77. The second kappa shape index (κ2) is 9.57. The van der Waals surface area contributed by atoms with Crippen molar-refractivity contribution in [2.75, 3.05) is 25.7 Å². The summed E-state index contributed by atoms with van der Waals surface area (Å²) < 4.78 is 20.7. The largest absolute Gasteiger partial charge is 0.466 e. The van der Waals surface area contributed by atoms with E-state index in [0.717, 1.165) is 24.7 Å². The lowest BCUT2D eigenvalue weighted by Crippen LogP contribution is -2.51. The summed E-state index contributed by atoms with van der Waals surface area (Å²) in [5.41, 5.74) is 4.73. The number of hydrogen-bond donors (Lipinski definition) is 1. The molecule has 2 aliphatic rings. The maximum absolute atomic E-state index is 14.2. The fourth-order valence-corrected chi connectivity index (χ4v) is 4.60. The van der Waals surface area contributed by atoms with Gasteiger partial charge < -0.3 is 24.7 Å². The number of methoxy groups -OCH3 is 2. The van der Waals surface area contributed by atoms with Crippen molar-refractivity contribution in [3.05, 3.63) is 88.5 Å². The van der Waals surface area contributed by atoms with Gasteiger partial charge in [0.05, 0.1) is 14.2 Å². The van der Waals surface area contributed by atoms with Gasteiger partial charge in [-0.25, -0.2) is 9.59 Å².